The van der Waals surface area contributed by atoms with Gasteiger partial charge in [-0.15, -0.1) is 0 Å². The monoisotopic (exact) mass is 400 g/mol. The molecule has 26 heavy (non-hydrogen) atoms. The second-order valence-electron chi connectivity index (χ2n) is 6.53. The van der Waals surface area contributed by atoms with Crippen LogP contribution in [0, 0.1) is 0 Å². The normalized spacial score (nSPS) is 23.0. The van der Waals surface area contributed by atoms with Gasteiger partial charge in [0.1, 0.15) is 0 Å². The van der Waals surface area contributed by atoms with Gasteiger partial charge in [-0.25, -0.2) is 16.8 Å². The maximum atomic E-state index is 12.6. The van der Waals surface area contributed by atoms with Gasteiger partial charge in [0.2, 0.25) is 6.41 Å². The first-order valence-corrected chi connectivity index (χ1v) is 11.6. The molecular formula is C16H20N2O6S2. The van der Waals surface area contributed by atoms with E-state index < -0.39 is 24.9 Å². The van der Waals surface area contributed by atoms with Crippen molar-refractivity contribution >= 4 is 32.0 Å². The van der Waals surface area contributed by atoms with Crippen molar-refractivity contribution in [2.75, 3.05) is 37.7 Å². The van der Waals surface area contributed by atoms with E-state index in [1.165, 1.54) is 24.3 Å². The second-order valence-corrected chi connectivity index (χ2v) is 11.0. The average Bonchev–Trinajstić information content (AvgIpc) is 3.02. The molecule has 0 N–H and O–H groups in total. The number of benzene rings is 1. The Balaban J connectivity index is 1.72. The molecule has 0 spiro atoms. The zero-order chi connectivity index (χ0) is 18.9. The summed E-state index contributed by atoms with van der Waals surface area (Å²) in [7, 11) is -7.04. The van der Waals surface area contributed by atoms with E-state index in [2.05, 4.69) is 0 Å². The number of carbonyl (C=O) groups is 2. The van der Waals surface area contributed by atoms with Crippen LogP contribution in [-0.4, -0.2) is 81.9 Å². The first kappa shape index (κ1) is 18.8. The highest BCUT2D eigenvalue weighted by molar-refractivity contribution is 7.96. The van der Waals surface area contributed by atoms with Crippen molar-refractivity contribution in [3.8, 4) is 0 Å². The van der Waals surface area contributed by atoms with Crippen LogP contribution in [0.15, 0.2) is 29.2 Å². The van der Waals surface area contributed by atoms with E-state index in [4.69, 9.17) is 0 Å². The Kier molecular flexibility index (Phi) is 5.07. The molecule has 2 saturated heterocycles. The van der Waals surface area contributed by atoms with Gasteiger partial charge in [0.15, 0.2) is 19.7 Å². The Morgan fingerprint density at radius 1 is 1.08 bits per heavy atom. The molecule has 0 radical (unpaired) electrons. The first-order chi connectivity index (χ1) is 12.2. The van der Waals surface area contributed by atoms with Crippen LogP contribution in [0.25, 0.3) is 0 Å². The van der Waals surface area contributed by atoms with Crippen LogP contribution in [0.1, 0.15) is 16.8 Å². The molecule has 0 bridgehead atoms. The van der Waals surface area contributed by atoms with Crippen LogP contribution < -0.4 is 0 Å². The Morgan fingerprint density at radius 2 is 1.69 bits per heavy atom. The van der Waals surface area contributed by atoms with Crippen molar-refractivity contribution in [3.63, 3.8) is 0 Å². The highest BCUT2D eigenvalue weighted by Gasteiger charge is 2.38. The molecule has 2 aliphatic heterocycles. The van der Waals surface area contributed by atoms with Gasteiger partial charge < -0.3 is 9.80 Å². The lowest BCUT2D eigenvalue weighted by Gasteiger charge is -2.32. The number of sulfone groups is 2. The maximum Gasteiger partial charge on any atom is 0.253 e. The van der Waals surface area contributed by atoms with E-state index in [0.717, 1.165) is 6.41 Å². The molecule has 2 heterocycles. The number of carbonyl (C=O) groups excluding carboxylic acids is 2. The van der Waals surface area contributed by atoms with Crippen molar-refractivity contribution in [1.82, 2.24) is 9.80 Å². The molecule has 1 unspecified atom stereocenters. The SMILES string of the molecule is O=CN1CCN(C(=O)c2ccc(S(=O)(=O)C3CCS(=O)(=O)C3)cc2)CC1. The molecule has 1 atom stereocenters. The number of piperazine rings is 1. The van der Waals surface area contributed by atoms with Gasteiger partial charge in [0.25, 0.3) is 5.91 Å². The van der Waals surface area contributed by atoms with Gasteiger partial charge in [-0.2, -0.15) is 0 Å². The van der Waals surface area contributed by atoms with Gasteiger partial charge in [-0.05, 0) is 30.7 Å². The van der Waals surface area contributed by atoms with Crippen molar-refractivity contribution in [2.24, 2.45) is 0 Å². The summed E-state index contributed by atoms with van der Waals surface area (Å²) in [6.45, 7) is 1.80. The number of rotatable bonds is 4. The summed E-state index contributed by atoms with van der Waals surface area (Å²) in [5.74, 6) is -0.681. The highest BCUT2D eigenvalue weighted by Crippen LogP contribution is 2.25. The molecule has 0 aromatic heterocycles. The third-order valence-corrected chi connectivity index (χ3v) is 9.00. The molecular weight excluding hydrogens is 380 g/mol. The van der Waals surface area contributed by atoms with E-state index in [9.17, 15) is 26.4 Å². The zero-order valence-electron chi connectivity index (χ0n) is 14.1. The smallest absolute Gasteiger partial charge is 0.253 e. The Morgan fingerprint density at radius 3 is 2.19 bits per heavy atom. The number of hydrogen-bond donors (Lipinski definition) is 0. The van der Waals surface area contributed by atoms with Crippen LogP contribution in [0.3, 0.4) is 0 Å². The van der Waals surface area contributed by atoms with Crippen LogP contribution >= 0.6 is 0 Å². The molecule has 0 saturated carbocycles. The quantitative estimate of drug-likeness (QED) is 0.634. The zero-order valence-corrected chi connectivity index (χ0v) is 15.7. The van der Waals surface area contributed by atoms with Crippen molar-refractivity contribution < 1.29 is 26.4 Å². The van der Waals surface area contributed by atoms with Crippen LogP contribution in [0.2, 0.25) is 0 Å². The van der Waals surface area contributed by atoms with E-state index in [-0.39, 0.29) is 28.7 Å². The highest BCUT2D eigenvalue weighted by atomic mass is 32.2. The first-order valence-electron chi connectivity index (χ1n) is 8.26. The Hall–Kier alpha value is -1.94. The molecule has 10 heteroatoms. The third-order valence-electron chi connectivity index (χ3n) is 4.81. The van der Waals surface area contributed by atoms with Gasteiger partial charge in [-0.1, -0.05) is 0 Å². The summed E-state index contributed by atoms with van der Waals surface area (Å²) in [6.07, 6.45) is 0.858. The predicted octanol–water partition coefficient (Wildman–Crippen LogP) is -0.438. The van der Waals surface area contributed by atoms with Crippen molar-refractivity contribution in [2.45, 2.75) is 16.6 Å². The van der Waals surface area contributed by atoms with E-state index >= 15 is 0 Å². The largest absolute Gasteiger partial charge is 0.342 e. The summed E-state index contributed by atoms with van der Waals surface area (Å²) < 4.78 is 48.2. The molecule has 1 aromatic rings. The standard InChI is InChI=1S/C16H20N2O6S2/c19-12-17-6-8-18(9-7-17)16(20)13-1-3-14(4-2-13)26(23,24)15-5-10-25(21,22)11-15/h1-4,12,15H,5-11H2. The van der Waals surface area contributed by atoms with Crippen LogP contribution in [0.5, 0.6) is 0 Å². The molecule has 3 rings (SSSR count). The summed E-state index contributed by atoms with van der Waals surface area (Å²) in [4.78, 5) is 26.4. The van der Waals surface area contributed by atoms with E-state index in [1.807, 2.05) is 0 Å². The van der Waals surface area contributed by atoms with Gasteiger partial charge in [0, 0.05) is 31.7 Å². The Bertz CT molecular complexity index is 901. The molecule has 2 amide bonds. The molecule has 2 aliphatic rings. The predicted molar refractivity (Wildman–Crippen MR) is 94.2 cm³/mol. The third kappa shape index (κ3) is 3.75. The van der Waals surface area contributed by atoms with Crippen LogP contribution in [-0.2, 0) is 24.5 Å². The lowest BCUT2D eigenvalue weighted by molar-refractivity contribution is -0.119. The van der Waals surface area contributed by atoms with Crippen molar-refractivity contribution in [3.05, 3.63) is 29.8 Å². The topological polar surface area (TPSA) is 109 Å². The summed E-state index contributed by atoms with van der Waals surface area (Å²) in [5.41, 5.74) is 0.363. The lowest BCUT2D eigenvalue weighted by atomic mass is 10.2. The fourth-order valence-corrected chi connectivity index (χ4v) is 7.56. The minimum atomic E-state index is -3.74. The summed E-state index contributed by atoms with van der Waals surface area (Å²) in [5, 5.41) is -0.925. The fraction of sp³-hybridized carbons (Fsp3) is 0.500. The molecule has 2 fully saturated rings. The molecule has 142 valence electrons. The van der Waals surface area contributed by atoms with Gasteiger partial charge in [0.05, 0.1) is 21.7 Å². The molecule has 1 aromatic carbocycles. The number of nitrogens with zero attached hydrogens (tertiary/aromatic N) is 2. The number of amides is 2. The lowest BCUT2D eigenvalue weighted by Crippen LogP contribution is -2.48. The van der Waals surface area contributed by atoms with Gasteiger partial charge in [-0.3, -0.25) is 9.59 Å². The summed E-state index contributed by atoms with van der Waals surface area (Å²) >= 11 is 0. The second kappa shape index (κ2) is 6.99. The summed E-state index contributed by atoms with van der Waals surface area (Å²) in [6, 6.07) is 5.61. The van der Waals surface area contributed by atoms with E-state index in [0.29, 0.717) is 31.7 Å². The average molecular weight is 400 g/mol. The maximum absolute atomic E-state index is 12.6. The van der Waals surface area contributed by atoms with Crippen LogP contribution in [0.4, 0.5) is 0 Å². The van der Waals surface area contributed by atoms with Crippen molar-refractivity contribution in [1.29, 1.82) is 0 Å². The molecule has 8 nitrogen and oxygen atoms in total. The van der Waals surface area contributed by atoms with E-state index in [1.54, 1.807) is 9.80 Å². The number of hydrogen-bond acceptors (Lipinski definition) is 6. The van der Waals surface area contributed by atoms with Gasteiger partial charge >= 0.3 is 0 Å². The minimum Gasteiger partial charge on any atom is -0.342 e. The minimum absolute atomic E-state index is 0.0296. The molecule has 0 aliphatic carbocycles. The fourth-order valence-electron chi connectivity index (χ4n) is 3.20. The Labute approximate surface area is 152 Å².